The average molecular weight is 324 g/mol. The number of piperidine rings is 1. The van der Waals surface area contributed by atoms with E-state index in [1.807, 2.05) is 25.7 Å². The van der Waals surface area contributed by atoms with Crippen molar-refractivity contribution in [2.75, 3.05) is 52.4 Å². The molecule has 1 N–H and O–H groups in total. The van der Waals surface area contributed by atoms with Crippen molar-refractivity contribution >= 4 is 11.8 Å². The molecule has 0 spiro atoms. The van der Waals surface area contributed by atoms with Crippen LogP contribution in [0.25, 0.3) is 0 Å². The lowest BCUT2D eigenvalue weighted by atomic mass is 10.1. The highest BCUT2D eigenvalue weighted by Gasteiger charge is 2.24. The molecule has 23 heavy (non-hydrogen) atoms. The Kier molecular flexibility index (Phi) is 6.41. The van der Waals surface area contributed by atoms with E-state index in [0.29, 0.717) is 13.1 Å². The third-order valence-electron chi connectivity index (χ3n) is 4.41. The van der Waals surface area contributed by atoms with Gasteiger partial charge in [0.2, 0.25) is 11.8 Å². The molecule has 2 saturated heterocycles. The second-order valence-electron chi connectivity index (χ2n) is 7.79. The highest BCUT2D eigenvalue weighted by molar-refractivity contribution is 5.79. The topological polar surface area (TPSA) is 55.9 Å². The Balaban J connectivity index is 1.67. The zero-order valence-corrected chi connectivity index (χ0v) is 14.9. The molecule has 0 unspecified atom stereocenters. The normalized spacial score (nSPS) is 21.3. The molecule has 2 amide bonds. The molecule has 0 aliphatic carbocycles. The van der Waals surface area contributed by atoms with E-state index in [9.17, 15) is 9.59 Å². The Morgan fingerprint density at radius 3 is 1.87 bits per heavy atom. The standard InChI is InChI=1S/C17H32N4O2/c1-17(2,3)18-15(22)13-19-9-11-20(12-10-19)14-16(23)21-7-5-4-6-8-21/h4-14H2,1-3H3,(H,18,22). The second kappa shape index (κ2) is 8.11. The quantitative estimate of drug-likeness (QED) is 0.820. The number of piperazine rings is 1. The fourth-order valence-electron chi connectivity index (χ4n) is 3.20. The summed E-state index contributed by atoms with van der Waals surface area (Å²) in [5, 5.41) is 3.00. The van der Waals surface area contributed by atoms with Crippen LogP contribution in [0.2, 0.25) is 0 Å². The molecule has 2 heterocycles. The van der Waals surface area contributed by atoms with Crippen LogP contribution in [0.3, 0.4) is 0 Å². The summed E-state index contributed by atoms with van der Waals surface area (Å²) in [5.41, 5.74) is -0.181. The van der Waals surface area contributed by atoms with E-state index in [-0.39, 0.29) is 17.4 Å². The smallest absolute Gasteiger partial charge is 0.236 e. The van der Waals surface area contributed by atoms with Crippen molar-refractivity contribution in [1.29, 1.82) is 0 Å². The van der Waals surface area contributed by atoms with Gasteiger partial charge in [-0.3, -0.25) is 19.4 Å². The number of likely N-dealkylation sites (tertiary alicyclic amines) is 1. The van der Waals surface area contributed by atoms with Crippen LogP contribution >= 0.6 is 0 Å². The number of nitrogens with zero attached hydrogens (tertiary/aromatic N) is 3. The Bertz CT molecular complexity index is 405. The Morgan fingerprint density at radius 1 is 0.826 bits per heavy atom. The number of amides is 2. The maximum absolute atomic E-state index is 12.3. The molecule has 0 atom stereocenters. The summed E-state index contributed by atoms with van der Waals surface area (Å²) in [6, 6.07) is 0. The molecule has 2 fully saturated rings. The monoisotopic (exact) mass is 324 g/mol. The molecule has 132 valence electrons. The molecule has 2 rings (SSSR count). The third kappa shape index (κ3) is 6.47. The van der Waals surface area contributed by atoms with Crippen molar-refractivity contribution in [1.82, 2.24) is 20.0 Å². The van der Waals surface area contributed by atoms with E-state index >= 15 is 0 Å². The third-order valence-corrected chi connectivity index (χ3v) is 4.41. The zero-order chi connectivity index (χ0) is 16.9. The Morgan fingerprint density at radius 2 is 1.35 bits per heavy atom. The van der Waals surface area contributed by atoms with Crippen LogP contribution in [-0.4, -0.2) is 84.4 Å². The largest absolute Gasteiger partial charge is 0.350 e. The molecule has 0 bridgehead atoms. The van der Waals surface area contributed by atoms with Crippen molar-refractivity contribution in [3.63, 3.8) is 0 Å². The number of carbonyl (C=O) groups excluding carboxylic acids is 2. The van der Waals surface area contributed by atoms with E-state index in [0.717, 1.165) is 52.1 Å². The van der Waals surface area contributed by atoms with Crippen LogP contribution in [0.1, 0.15) is 40.0 Å². The predicted molar refractivity (Wildman–Crippen MR) is 91.2 cm³/mol. The van der Waals surface area contributed by atoms with Crippen LogP contribution in [0, 0.1) is 0 Å². The molecular weight excluding hydrogens is 292 g/mol. The first-order chi connectivity index (χ1) is 10.8. The number of carbonyl (C=O) groups is 2. The van der Waals surface area contributed by atoms with Gasteiger partial charge in [0.25, 0.3) is 0 Å². The van der Waals surface area contributed by atoms with Gasteiger partial charge in [0.1, 0.15) is 0 Å². The van der Waals surface area contributed by atoms with Crippen molar-refractivity contribution in [3.8, 4) is 0 Å². The predicted octanol–water partition coefficient (Wildman–Crippen LogP) is 0.531. The van der Waals surface area contributed by atoms with Crippen LogP contribution in [0.4, 0.5) is 0 Å². The van der Waals surface area contributed by atoms with Crippen LogP contribution in [-0.2, 0) is 9.59 Å². The molecule has 0 aromatic rings. The van der Waals surface area contributed by atoms with Crippen LogP contribution < -0.4 is 5.32 Å². The van der Waals surface area contributed by atoms with Crippen molar-refractivity contribution in [2.45, 2.75) is 45.6 Å². The second-order valence-corrected chi connectivity index (χ2v) is 7.79. The van der Waals surface area contributed by atoms with Gasteiger partial charge in [0, 0.05) is 44.8 Å². The number of hydrogen-bond acceptors (Lipinski definition) is 4. The first kappa shape index (κ1) is 18.2. The molecule has 6 heteroatoms. The van der Waals surface area contributed by atoms with E-state index in [1.54, 1.807) is 0 Å². The van der Waals surface area contributed by atoms with E-state index in [1.165, 1.54) is 6.42 Å². The average Bonchev–Trinajstić information content (AvgIpc) is 2.48. The molecule has 6 nitrogen and oxygen atoms in total. The van der Waals surface area contributed by atoms with Gasteiger partial charge in [0.15, 0.2) is 0 Å². The number of hydrogen-bond donors (Lipinski definition) is 1. The summed E-state index contributed by atoms with van der Waals surface area (Å²) >= 11 is 0. The van der Waals surface area contributed by atoms with Crippen LogP contribution in [0.5, 0.6) is 0 Å². The van der Waals surface area contributed by atoms with Gasteiger partial charge in [-0.1, -0.05) is 0 Å². The lowest BCUT2D eigenvalue weighted by Crippen LogP contribution is -2.53. The molecule has 0 aromatic carbocycles. The summed E-state index contributed by atoms with van der Waals surface area (Å²) in [4.78, 5) is 30.6. The van der Waals surface area contributed by atoms with E-state index in [4.69, 9.17) is 0 Å². The minimum atomic E-state index is -0.181. The first-order valence-electron chi connectivity index (χ1n) is 8.87. The van der Waals surface area contributed by atoms with E-state index in [2.05, 4.69) is 15.1 Å². The van der Waals surface area contributed by atoms with Crippen LogP contribution in [0.15, 0.2) is 0 Å². The Labute approximate surface area is 140 Å². The van der Waals surface area contributed by atoms with Crippen molar-refractivity contribution in [2.24, 2.45) is 0 Å². The molecule has 0 aromatic heterocycles. The summed E-state index contributed by atoms with van der Waals surface area (Å²) < 4.78 is 0. The zero-order valence-electron chi connectivity index (χ0n) is 14.9. The number of rotatable bonds is 4. The summed E-state index contributed by atoms with van der Waals surface area (Å²) in [6.45, 7) is 12.2. The first-order valence-corrected chi connectivity index (χ1v) is 8.87. The molecule has 0 radical (unpaired) electrons. The fraction of sp³-hybridized carbons (Fsp3) is 0.882. The maximum Gasteiger partial charge on any atom is 0.236 e. The lowest BCUT2D eigenvalue weighted by Gasteiger charge is -2.36. The van der Waals surface area contributed by atoms with E-state index < -0.39 is 0 Å². The molecule has 2 aliphatic rings. The summed E-state index contributed by atoms with van der Waals surface area (Å²) in [5.74, 6) is 0.346. The summed E-state index contributed by atoms with van der Waals surface area (Å²) in [7, 11) is 0. The molecular formula is C17H32N4O2. The van der Waals surface area contributed by atoms with Crippen molar-refractivity contribution < 1.29 is 9.59 Å². The van der Waals surface area contributed by atoms with Gasteiger partial charge in [-0.25, -0.2) is 0 Å². The Hall–Kier alpha value is -1.14. The van der Waals surface area contributed by atoms with Gasteiger partial charge < -0.3 is 10.2 Å². The minimum Gasteiger partial charge on any atom is -0.350 e. The van der Waals surface area contributed by atoms with Crippen molar-refractivity contribution in [3.05, 3.63) is 0 Å². The fourth-order valence-corrected chi connectivity index (χ4v) is 3.20. The maximum atomic E-state index is 12.3. The molecule has 0 saturated carbocycles. The highest BCUT2D eigenvalue weighted by Crippen LogP contribution is 2.10. The van der Waals surface area contributed by atoms with Gasteiger partial charge in [-0.05, 0) is 40.0 Å². The summed E-state index contributed by atoms with van der Waals surface area (Å²) in [6.07, 6.45) is 3.53. The van der Waals surface area contributed by atoms with Gasteiger partial charge in [0.05, 0.1) is 13.1 Å². The highest BCUT2D eigenvalue weighted by atomic mass is 16.2. The number of nitrogens with one attached hydrogen (secondary N) is 1. The van der Waals surface area contributed by atoms with Gasteiger partial charge in [-0.2, -0.15) is 0 Å². The van der Waals surface area contributed by atoms with Gasteiger partial charge >= 0.3 is 0 Å². The minimum absolute atomic E-state index is 0.0790. The molecule has 2 aliphatic heterocycles. The lowest BCUT2D eigenvalue weighted by molar-refractivity contribution is -0.134. The van der Waals surface area contributed by atoms with Gasteiger partial charge in [-0.15, -0.1) is 0 Å². The SMILES string of the molecule is CC(C)(C)NC(=O)CN1CCN(CC(=O)N2CCCCC2)CC1.